The summed E-state index contributed by atoms with van der Waals surface area (Å²) in [5, 5.41) is 9.04. The highest BCUT2D eigenvalue weighted by Crippen LogP contribution is 2.22. The monoisotopic (exact) mass is 393 g/mol. The van der Waals surface area contributed by atoms with Crippen LogP contribution < -0.4 is 0 Å². The first-order chi connectivity index (χ1) is 8.93. The van der Waals surface area contributed by atoms with Gasteiger partial charge < -0.3 is 5.11 Å². The molecule has 0 amide bonds. The molecular weight excluding hydrogens is 381 g/mol. The van der Waals surface area contributed by atoms with Crippen LogP contribution >= 0.6 is 22.6 Å². The van der Waals surface area contributed by atoms with E-state index < -0.39 is 16.0 Å². The van der Waals surface area contributed by atoms with Gasteiger partial charge in [0.25, 0.3) is 0 Å². The maximum absolute atomic E-state index is 12.4. The van der Waals surface area contributed by atoms with E-state index in [0.717, 1.165) is 0 Å². The van der Waals surface area contributed by atoms with Gasteiger partial charge in [0.1, 0.15) is 0 Å². The molecule has 0 saturated heterocycles. The van der Waals surface area contributed by atoms with Gasteiger partial charge in [0.2, 0.25) is 10.0 Å². The van der Waals surface area contributed by atoms with Crippen molar-refractivity contribution in [3.63, 3.8) is 0 Å². The number of carboxylic acids is 1. The van der Waals surface area contributed by atoms with Gasteiger partial charge in [-0.3, -0.25) is 0 Å². The summed E-state index contributed by atoms with van der Waals surface area (Å²) in [4.78, 5) is 11.1. The van der Waals surface area contributed by atoms with Crippen LogP contribution in [0.5, 0.6) is 0 Å². The lowest BCUT2D eigenvalue weighted by Gasteiger charge is -2.22. The minimum absolute atomic E-state index is 0.00854. The number of sulfonamides is 1. The van der Waals surface area contributed by atoms with Crippen molar-refractivity contribution in [2.45, 2.75) is 11.3 Å². The lowest BCUT2D eigenvalue weighted by atomic mass is 10.2. The maximum Gasteiger partial charge on any atom is 0.336 e. The molecule has 19 heavy (non-hydrogen) atoms. The van der Waals surface area contributed by atoms with E-state index in [1.807, 2.05) is 28.7 Å². The van der Waals surface area contributed by atoms with Gasteiger partial charge in [-0.15, -0.1) is 0 Å². The lowest BCUT2D eigenvalue weighted by Crippen LogP contribution is -2.33. The summed E-state index contributed by atoms with van der Waals surface area (Å²) >= 11 is 1.87. The fourth-order valence-corrected chi connectivity index (χ4v) is 3.82. The zero-order valence-corrected chi connectivity index (χ0v) is 12.9. The van der Waals surface area contributed by atoms with Crippen LogP contribution in [0, 0.1) is 3.57 Å². The first kappa shape index (κ1) is 14.5. The van der Waals surface area contributed by atoms with Gasteiger partial charge in [-0.1, -0.05) is 12.2 Å². The van der Waals surface area contributed by atoms with E-state index in [0.29, 0.717) is 23.1 Å². The Morgan fingerprint density at radius 3 is 2.63 bits per heavy atom. The Hall–Kier alpha value is -0.930. The zero-order valence-electron chi connectivity index (χ0n) is 9.91. The van der Waals surface area contributed by atoms with Gasteiger partial charge in [-0.2, -0.15) is 4.31 Å². The summed E-state index contributed by atoms with van der Waals surface area (Å²) in [7, 11) is -3.62. The number of rotatable bonds is 3. The van der Waals surface area contributed by atoms with E-state index in [9.17, 15) is 13.2 Å². The molecule has 1 aromatic carbocycles. The van der Waals surface area contributed by atoms with Crippen molar-refractivity contribution in [2.75, 3.05) is 13.1 Å². The van der Waals surface area contributed by atoms with Gasteiger partial charge in [-0.05, 0) is 47.2 Å². The van der Waals surface area contributed by atoms with E-state index in [2.05, 4.69) is 0 Å². The minimum Gasteiger partial charge on any atom is -0.478 e. The molecule has 0 unspecified atom stereocenters. The summed E-state index contributed by atoms with van der Waals surface area (Å²) in [6.07, 6.45) is 4.41. The van der Waals surface area contributed by atoms with Gasteiger partial charge >= 0.3 is 5.97 Å². The van der Waals surface area contributed by atoms with Crippen molar-refractivity contribution in [3.05, 3.63) is 39.5 Å². The number of hydrogen-bond donors (Lipinski definition) is 1. The van der Waals surface area contributed by atoms with Crippen LogP contribution in [0.3, 0.4) is 0 Å². The summed E-state index contributed by atoms with van der Waals surface area (Å²) in [5.74, 6) is -1.13. The number of carbonyl (C=O) groups is 1. The predicted octanol–water partition coefficient (Wildman–Crippen LogP) is 1.94. The van der Waals surface area contributed by atoms with E-state index in [4.69, 9.17) is 5.11 Å². The summed E-state index contributed by atoms with van der Waals surface area (Å²) in [5.41, 5.74) is 0.00854. The standard InChI is InChI=1S/C12H12INO4S/c13-11-5-4-9(8-10(11)12(15)16)19(17,18)14-6-2-1-3-7-14/h1-2,4-5,8H,3,6-7H2,(H,15,16). The molecule has 7 heteroatoms. The van der Waals surface area contributed by atoms with Crippen LogP contribution in [0.2, 0.25) is 0 Å². The van der Waals surface area contributed by atoms with Crippen molar-refractivity contribution in [3.8, 4) is 0 Å². The second-order valence-electron chi connectivity index (χ2n) is 4.07. The Morgan fingerprint density at radius 2 is 2.05 bits per heavy atom. The number of nitrogens with zero attached hydrogens (tertiary/aromatic N) is 1. The molecule has 1 aliphatic rings. The van der Waals surface area contributed by atoms with Crippen LogP contribution in [0.1, 0.15) is 16.8 Å². The Kier molecular flexibility index (Phi) is 4.26. The number of hydrogen-bond acceptors (Lipinski definition) is 3. The average Bonchev–Trinajstić information content (AvgIpc) is 2.39. The molecule has 0 spiro atoms. The second kappa shape index (κ2) is 5.59. The van der Waals surface area contributed by atoms with Crippen molar-refractivity contribution in [1.82, 2.24) is 4.31 Å². The number of carboxylic acid groups (broad SMARTS) is 1. The summed E-state index contributed by atoms with van der Waals surface area (Å²) in [6.45, 7) is 0.754. The van der Waals surface area contributed by atoms with E-state index in [-0.39, 0.29) is 10.5 Å². The highest BCUT2D eigenvalue weighted by molar-refractivity contribution is 14.1. The molecule has 0 aliphatic carbocycles. The first-order valence-corrected chi connectivity index (χ1v) is 8.13. The third-order valence-corrected chi connectivity index (χ3v) is 5.63. The summed E-state index contributed by atoms with van der Waals surface area (Å²) < 4.78 is 26.6. The largest absolute Gasteiger partial charge is 0.478 e. The zero-order chi connectivity index (χ0) is 14.0. The number of benzene rings is 1. The van der Waals surface area contributed by atoms with Crippen molar-refractivity contribution >= 4 is 38.6 Å². The quantitative estimate of drug-likeness (QED) is 0.629. The molecular formula is C12H12INO4S. The Morgan fingerprint density at radius 1 is 1.32 bits per heavy atom. The molecule has 2 rings (SSSR count). The lowest BCUT2D eigenvalue weighted by molar-refractivity contribution is 0.0695. The van der Waals surface area contributed by atoms with Crippen LogP contribution in [0.4, 0.5) is 0 Å². The topological polar surface area (TPSA) is 74.7 Å². The molecule has 0 radical (unpaired) electrons. The van der Waals surface area contributed by atoms with Gasteiger partial charge in [0.15, 0.2) is 0 Å². The Bertz CT molecular complexity index is 639. The SMILES string of the molecule is O=C(O)c1cc(S(=O)(=O)N2CC=CCC2)ccc1I. The first-order valence-electron chi connectivity index (χ1n) is 5.61. The third kappa shape index (κ3) is 2.98. The van der Waals surface area contributed by atoms with Crippen molar-refractivity contribution < 1.29 is 18.3 Å². The fraction of sp³-hybridized carbons (Fsp3) is 0.250. The minimum atomic E-state index is -3.62. The number of halogens is 1. The van der Waals surface area contributed by atoms with Gasteiger partial charge in [-0.25, -0.2) is 13.2 Å². The Balaban J connectivity index is 2.43. The molecule has 0 fully saturated rings. The third-order valence-electron chi connectivity index (χ3n) is 2.83. The molecule has 0 bridgehead atoms. The summed E-state index contributed by atoms with van der Waals surface area (Å²) in [6, 6.07) is 4.18. The van der Waals surface area contributed by atoms with Crippen molar-refractivity contribution in [1.29, 1.82) is 0 Å². The molecule has 1 N–H and O–H groups in total. The highest BCUT2D eigenvalue weighted by atomic mass is 127. The van der Waals surface area contributed by atoms with Crippen molar-refractivity contribution in [2.24, 2.45) is 0 Å². The smallest absolute Gasteiger partial charge is 0.336 e. The molecule has 0 aromatic heterocycles. The average molecular weight is 393 g/mol. The number of aromatic carboxylic acids is 1. The Labute approximate surface area is 125 Å². The molecule has 1 aromatic rings. The molecule has 102 valence electrons. The van der Waals surface area contributed by atoms with Crippen LogP contribution in [-0.2, 0) is 10.0 Å². The molecule has 1 heterocycles. The van der Waals surface area contributed by atoms with Crippen LogP contribution in [0.15, 0.2) is 35.2 Å². The molecule has 5 nitrogen and oxygen atoms in total. The normalized spacial score (nSPS) is 16.5. The molecule has 0 atom stereocenters. The maximum atomic E-state index is 12.4. The van der Waals surface area contributed by atoms with E-state index >= 15 is 0 Å². The second-order valence-corrected chi connectivity index (χ2v) is 7.17. The van der Waals surface area contributed by atoms with Gasteiger partial charge in [0.05, 0.1) is 10.5 Å². The predicted molar refractivity (Wildman–Crippen MR) is 78.6 cm³/mol. The highest BCUT2D eigenvalue weighted by Gasteiger charge is 2.25. The molecule has 1 aliphatic heterocycles. The van der Waals surface area contributed by atoms with Crippen LogP contribution in [-0.4, -0.2) is 36.9 Å². The fourth-order valence-electron chi connectivity index (χ4n) is 1.82. The van der Waals surface area contributed by atoms with E-state index in [1.165, 1.54) is 22.5 Å². The van der Waals surface area contributed by atoms with Crippen LogP contribution in [0.25, 0.3) is 0 Å². The van der Waals surface area contributed by atoms with E-state index in [1.54, 1.807) is 6.08 Å². The van der Waals surface area contributed by atoms with Gasteiger partial charge in [0, 0.05) is 16.7 Å². The molecule has 0 saturated carbocycles.